The molecule has 0 bridgehead atoms. The van der Waals surface area contributed by atoms with Crippen molar-refractivity contribution in [3.8, 4) is 0 Å². The summed E-state index contributed by atoms with van der Waals surface area (Å²) in [5.41, 5.74) is 0. The summed E-state index contributed by atoms with van der Waals surface area (Å²) in [7, 11) is 0. The monoisotopic (exact) mass is 369 g/mol. The zero-order valence-corrected chi connectivity index (χ0v) is 17.4. The summed E-state index contributed by atoms with van der Waals surface area (Å²) in [6.45, 7) is 4.61. The number of unbranched alkanes of at least 4 members (excludes halogenated alkanes) is 13. The van der Waals surface area contributed by atoms with Crippen LogP contribution in [0.2, 0.25) is 0 Å². The van der Waals surface area contributed by atoms with Crippen LogP contribution in [0.4, 0.5) is 0 Å². The highest BCUT2D eigenvalue weighted by molar-refractivity contribution is 5.81. The molecule has 0 heterocycles. The molecule has 0 rings (SSSR count). The zero-order valence-electron chi connectivity index (χ0n) is 17.4. The molecule has 0 aromatic heterocycles. The molecule has 0 aromatic rings. The third-order valence-electron chi connectivity index (χ3n) is 4.92. The number of carbonyl (C=O) groups is 2. The van der Waals surface area contributed by atoms with E-state index in [0.29, 0.717) is 13.0 Å². The van der Waals surface area contributed by atoms with Crippen molar-refractivity contribution < 1.29 is 14.7 Å². The number of hydrogen-bond donors (Lipinski definition) is 1. The van der Waals surface area contributed by atoms with Gasteiger partial charge in [0.15, 0.2) is 0 Å². The van der Waals surface area contributed by atoms with Crippen molar-refractivity contribution in [1.29, 1.82) is 0 Å². The summed E-state index contributed by atoms with van der Waals surface area (Å²) in [4.78, 5) is 24.3. The lowest BCUT2D eigenvalue weighted by molar-refractivity contribution is -0.144. The smallest absolute Gasteiger partial charge is 0.323 e. The van der Waals surface area contributed by atoms with Crippen LogP contribution in [0.25, 0.3) is 0 Å². The number of carboxylic acid groups (broad SMARTS) is 1. The molecule has 1 N–H and O–H groups in total. The van der Waals surface area contributed by atoms with Gasteiger partial charge in [0.05, 0.1) is 0 Å². The summed E-state index contributed by atoms with van der Waals surface area (Å²) in [5.74, 6) is -0.930. The standard InChI is InChI=1S/C22H43NO3/c1-3-5-6-7-8-9-10-11-12-13-14-15-16-17-18-21(24)23(19-4-2)20-22(25)26/h3-20H2,1-2H3,(H,25,26). The average molecular weight is 370 g/mol. The molecule has 1 amide bonds. The predicted octanol–water partition coefficient (Wildman–Crippen LogP) is 6.18. The normalized spacial score (nSPS) is 10.8. The van der Waals surface area contributed by atoms with Crippen LogP contribution in [-0.2, 0) is 9.59 Å². The lowest BCUT2D eigenvalue weighted by Gasteiger charge is -2.19. The Morgan fingerprint density at radius 1 is 0.654 bits per heavy atom. The molecule has 0 unspecified atom stereocenters. The van der Waals surface area contributed by atoms with Gasteiger partial charge in [-0.05, 0) is 12.8 Å². The highest BCUT2D eigenvalue weighted by Gasteiger charge is 2.14. The van der Waals surface area contributed by atoms with Gasteiger partial charge < -0.3 is 10.0 Å². The summed E-state index contributed by atoms with van der Waals surface area (Å²) in [6.07, 6.45) is 19.5. The van der Waals surface area contributed by atoms with Crippen LogP contribution in [0.15, 0.2) is 0 Å². The fourth-order valence-corrected chi connectivity index (χ4v) is 3.35. The van der Waals surface area contributed by atoms with Gasteiger partial charge in [0.25, 0.3) is 0 Å². The van der Waals surface area contributed by atoms with E-state index in [1.807, 2.05) is 6.92 Å². The van der Waals surface area contributed by atoms with E-state index < -0.39 is 5.97 Å². The first-order valence-electron chi connectivity index (χ1n) is 11.1. The predicted molar refractivity (Wildman–Crippen MR) is 109 cm³/mol. The molecule has 0 fully saturated rings. The average Bonchev–Trinajstić information content (AvgIpc) is 2.61. The summed E-state index contributed by atoms with van der Waals surface area (Å²) in [5, 5.41) is 8.86. The van der Waals surface area contributed by atoms with E-state index in [1.54, 1.807) is 0 Å². The Bertz CT molecular complexity index is 344. The highest BCUT2D eigenvalue weighted by Crippen LogP contribution is 2.13. The molecule has 154 valence electrons. The van der Waals surface area contributed by atoms with Crippen molar-refractivity contribution in [2.75, 3.05) is 13.1 Å². The van der Waals surface area contributed by atoms with Crippen molar-refractivity contribution >= 4 is 11.9 Å². The molecular weight excluding hydrogens is 326 g/mol. The van der Waals surface area contributed by atoms with Crippen LogP contribution >= 0.6 is 0 Å². The van der Waals surface area contributed by atoms with Gasteiger partial charge in [-0.3, -0.25) is 9.59 Å². The van der Waals surface area contributed by atoms with E-state index in [-0.39, 0.29) is 12.5 Å². The van der Waals surface area contributed by atoms with E-state index in [0.717, 1.165) is 19.3 Å². The number of hydrogen-bond acceptors (Lipinski definition) is 2. The van der Waals surface area contributed by atoms with Gasteiger partial charge in [0.1, 0.15) is 6.54 Å². The summed E-state index contributed by atoms with van der Waals surface area (Å²) < 4.78 is 0. The number of amides is 1. The van der Waals surface area contributed by atoms with E-state index in [1.165, 1.54) is 81.9 Å². The Balaban J connectivity index is 3.41. The van der Waals surface area contributed by atoms with E-state index in [2.05, 4.69) is 6.92 Å². The second kappa shape index (κ2) is 18.7. The van der Waals surface area contributed by atoms with Gasteiger partial charge in [0.2, 0.25) is 5.91 Å². The largest absolute Gasteiger partial charge is 0.480 e. The Labute approximate surface area is 161 Å². The van der Waals surface area contributed by atoms with Gasteiger partial charge in [-0.2, -0.15) is 0 Å². The van der Waals surface area contributed by atoms with E-state index in [4.69, 9.17) is 5.11 Å². The third-order valence-corrected chi connectivity index (χ3v) is 4.92. The molecule has 0 aromatic carbocycles. The molecule has 4 nitrogen and oxygen atoms in total. The molecule has 4 heteroatoms. The van der Waals surface area contributed by atoms with Crippen LogP contribution in [-0.4, -0.2) is 35.0 Å². The second-order valence-electron chi connectivity index (χ2n) is 7.56. The van der Waals surface area contributed by atoms with Crippen molar-refractivity contribution in [2.24, 2.45) is 0 Å². The maximum atomic E-state index is 12.0. The highest BCUT2D eigenvalue weighted by atomic mass is 16.4. The maximum absolute atomic E-state index is 12.0. The molecule has 0 aliphatic heterocycles. The lowest BCUT2D eigenvalue weighted by Crippen LogP contribution is -2.36. The molecule has 0 saturated heterocycles. The molecule has 0 aliphatic carbocycles. The number of carbonyl (C=O) groups excluding carboxylic acids is 1. The van der Waals surface area contributed by atoms with Gasteiger partial charge in [-0.1, -0.05) is 97.3 Å². The van der Waals surface area contributed by atoms with Crippen molar-refractivity contribution in [1.82, 2.24) is 4.90 Å². The van der Waals surface area contributed by atoms with Crippen LogP contribution in [0, 0.1) is 0 Å². The molecule has 0 aliphatic rings. The van der Waals surface area contributed by atoms with Crippen molar-refractivity contribution in [3.63, 3.8) is 0 Å². The Morgan fingerprint density at radius 3 is 1.46 bits per heavy atom. The minimum Gasteiger partial charge on any atom is -0.480 e. The first-order valence-corrected chi connectivity index (χ1v) is 11.1. The number of aliphatic carboxylic acids is 1. The van der Waals surface area contributed by atoms with Gasteiger partial charge in [0, 0.05) is 13.0 Å². The number of nitrogens with zero attached hydrogens (tertiary/aromatic N) is 1. The van der Waals surface area contributed by atoms with Crippen molar-refractivity contribution in [3.05, 3.63) is 0 Å². The Hall–Kier alpha value is -1.06. The topological polar surface area (TPSA) is 57.6 Å². The van der Waals surface area contributed by atoms with Crippen LogP contribution in [0.1, 0.15) is 117 Å². The number of carboxylic acids is 1. The van der Waals surface area contributed by atoms with Gasteiger partial charge in [-0.25, -0.2) is 0 Å². The molecule has 26 heavy (non-hydrogen) atoms. The lowest BCUT2D eigenvalue weighted by atomic mass is 10.0. The Morgan fingerprint density at radius 2 is 1.08 bits per heavy atom. The zero-order chi connectivity index (χ0) is 19.5. The van der Waals surface area contributed by atoms with E-state index in [9.17, 15) is 9.59 Å². The fourth-order valence-electron chi connectivity index (χ4n) is 3.35. The van der Waals surface area contributed by atoms with Crippen LogP contribution in [0.5, 0.6) is 0 Å². The first kappa shape index (κ1) is 24.9. The summed E-state index contributed by atoms with van der Waals surface area (Å²) >= 11 is 0. The quantitative estimate of drug-likeness (QED) is 0.276. The first-order chi connectivity index (χ1) is 12.6. The minimum atomic E-state index is -0.923. The SMILES string of the molecule is CCCCCCCCCCCCCCCCC(=O)N(CCC)CC(=O)O. The number of rotatable bonds is 19. The molecule has 0 atom stereocenters. The van der Waals surface area contributed by atoms with Gasteiger partial charge in [-0.15, -0.1) is 0 Å². The molecule has 0 spiro atoms. The second-order valence-corrected chi connectivity index (χ2v) is 7.56. The van der Waals surface area contributed by atoms with Crippen LogP contribution < -0.4 is 0 Å². The van der Waals surface area contributed by atoms with Gasteiger partial charge >= 0.3 is 5.97 Å². The van der Waals surface area contributed by atoms with E-state index >= 15 is 0 Å². The molecule has 0 radical (unpaired) electrons. The summed E-state index contributed by atoms with van der Waals surface area (Å²) in [6, 6.07) is 0. The van der Waals surface area contributed by atoms with Crippen LogP contribution in [0.3, 0.4) is 0 Å². The fraction of sp³-hybridized carbons (Fsp3) is 0.909. The maximum Gasteiger partial charge on any atom is 0.323 e. The minimum absolute atomic E-state index is 0.00631. The third kappa shape index (κ3) is 16.4. The van der Waals surface area contributed by atoms with Crippen molar-refractivity contribution in [2.45, 2.75) is 117 Å². The molecule has 0 saturated carbocycles. The molecular formula is C22H43NO3. The Kier molecular flexibility index (Phi) is 18.0.